The monoisotopic (exact) mass is 407 g/mol. The third-order valence-corrected chi connectivity index (χ3v) is 5.28. The zero-order valence-electron chi connectivity index (χ0n) is 17.5. The summed E-state index contributed by atoms with van der Waals surface area (Å²) in [5.41, 5.74) is 1.43. The fourth-order valence-electron chi connectivity index (χ4n) is 3.40. The van der Waals surface area contributed by atoms with Crippen molar-refractivity contribution >= 4 is 29.3 Å². The van der Waals surface area contributed by atoms with E-state index in [1.807, 2.05) is 24.3 Å². The van der Waals surface area contributed by atoms with Crippen molar-refractivity contribution in [2.45, 2.75) is 39.2 Å². The molecule has 7 nitrogen and oxygen atoms in total. The number of anilines is 1. The number of carbonyl (C=O) groups excluding carboxylic acids is 4. The maximum absolute atomic E-state index is 13.0. The van der Waals surface area contributed by atoms with E-state index < -0.39 is 29.9 Å². The maximum atomic E-state index is 13.0. The van der Waals surface area contributed by atoms with Crippen molar-refractivity contribution in [3.8, 4) is 0 Å². The Morgan fingerprint density at radius 1 is 1.10 bits per heavy atom. The van der Waals surface area contributed by atoms with Gasteiger partial charge in [0, 0.05) is 11.3 Å². The topological polar surface area (TPSA) is 95.6 Å². The first-order chi connectivity index (χ1) is 14.1. The Kier molecular flexibility index (Phi) is 5.73. The summed E-state index contributed by atoms with van der Waals surface area (Å²) in [6.07, 6.45) is 0. The number of hydrogen-bond acceptors (Lipinski definition) is 4. The second kappa shape index (κ2) is 8.10. The van der Waals surface area contributed by atoms with Crippen molar-refractivity contribution in [2.75, 3.05) is 11.9 Å². The molecule has 7 heteroatoms. The highest BCUT2D eigenvalue weighted by Gasteiger charge is 2.49. The van der Waals surface area contributed by atoms with Gasteiger partial charge in [0.05, 0.1) is 0 Å². The number of carbonyl (C=O) groups is 4. The first-order valence-corrected chi connectivity index (χ1v) is 9.77. The van der Waals surface area contributed by atoms with Crippen molar-refractivity contribution < 1.29 is 19.2 Å². The number of hydrogen-bond donors (Lipinski definition) is 2. The normalized spacial score (nSPS) is 18.5. The zero-order chi connectivity index (χ0) is 22.1. The van der Waals surface area contributed by atoms with Crippen molar-refractivity contribution in [1.29, 1.82) is 0 Å². The molecule has 1 atom stereocenters. The molecule has 0 aliphatic carbocycles. The van der Waals surface area contributed by atoms with Gasteiger partial charge in [0.1, 0.15) is 12.1 Å². The molecule has 30 heavy (non-hydrogen) atoms. The maximum Gasteiger partial charge on any atom is 0.325 e. The fourth-order valence-corrected chi connectivity index (χ4v) is 3.40. The number of imide groups is 1. The van der Waals surface area contributed by atoms with Gasteiger partial charge in [0.15, 0.2) is 5.78 Å². The number of nitrogens with one attached hydrogen (secondary N) is 2. The summed E-state index contributed by atoms with van der Waals surface area (Å²) in [4.78, 5) is 50.3. The lowest BCUT2D eigenvalue weighted by atomic mass is 9.90. The van der Waals surface area contributed by atoms with Gasteiger partial charge in [0.2, 0.25) is 5.91 Å². The molecule has 1 saturated heterocycles. The SMILES string of the molecule is CC(=O)c1cccc(NC(=O)CN2C(=O)N[C@@](C)(c3ccc(C(C)C)cc3)C2=O)c1. The molecule has 4 amide bonds. The van der Waals surface area contributed by atoms with Crippen LogP contribution >= 0.6 is 0 Å². The van der Waals surface area contributed by atoms with E-state index >= 15 is 0 Å². The van der Waals surface area contributed by atoms with Gasteiger partial charge in [-0.3, -0.25) is 19.3 Å². The van der Waals surface area contributed by atoms with Crippen LogP contribution in [0, 0.1) is 0 Å². The molecule has 2 N–H and O–H groups in total. The van der Waals surface area contributed by atoms with Gasteiger partial charge in [-0.1, -0.05) is 50.2 Å². The Labute approximate surface area is 175 Å². The predicted octanol–water partition coefficient (Wildman–Crippen LogP) is 3.42. The summed E-state index contributed by atoms with van der Waals surface area (Å²) in [6.45, 7) is 6.79. The molecular weight excluding hydrogens is 382 g/mol. The van der Waals surface area contributed by atoms with E-state index in [4.69, 9.17) is 0 Å². The molecule has 0 bridgehead atoms. The summed E-state index contributed by atoms with van der Waals surface area (Å²) < 4.78 is 0. The van der Waals surface area contributed by atoms with Gasteiger partial charge in [-0.2, -0.15) is 0 Å². The van der Waals surface area contributed by atoms with E-state index in [0.717, 1.165) is 10.5 Å². The molecule has 0 unspecified atom stereocenters. The van der Waals surface area contributed by atoms with Crippen LogP contribution in [-0.4, -0.2) is 35.1 Å². The van der Waals surface area contributed by atoms with E-state index in [9.17, 15) is 19.2 Å². The molecule has 1 aliphatic rings. The number of urea groups is 1. The van der Waals surface area contributed by atoms with Gasteiger partial charge >= 0.3 is 6.03 Å². The van der Waals surface area contributed by atoms with Gasteiger partial charge in [-0.05, 0) is 43.0 Å². The summed E-state index contributed by atoms with van der Waals surface area (Å²) >= 11 is 0. The van der Waals surface area contributed by atoms with Gasteiger partial charge in [-0.15, -0.1) is 0 Å². The van der Waals surface area contributed by atoms with Crippen molar-refractivity contribution in [3.63, 3.8) is 0 Å². The summed E-state index contributed by atoms with van der Waals surface area (Å²) in [6, 6.07) is 13.4. The lowest BCUT2D eigenvalue weighted by Gasteiger charge is -2.22. The van der Waals surface area contributed by atoms with E-state index in [-0.39, 0.29) is 5.78 Å². The Morgan fingerprint density at radius 3 is 2.37 bits per heavy atom. The first kappa shape index (κ1) is 21.2. The first-order valence-electron chi connectivity index (χ1n) is 9.77. The minimum Gasteiger partial charge on any atom is -0.325 e. The van der Waals surface area contributed by atoms with Gasteiger partial charge in [-0.25, -0.2) is 4.79 Å². The number of nitrogens with zero attached hydrogens (tertiary/aromatic N) is 1. The van der Waals surface area contributed by atoms with Crippen molar-refractivity contribution in [1.82, 2.24) is 10.2 Å². The molecule has 0 aromatic heterocycles. The van der Waals surface area contributed by atoms with Crippen molar-refractivity contribution in [2.24, 2.45) is 0 Å². The van der Waals surface area contributed by atoms with Gasteiger partial charge < -0.3 is 10.6 Å². The third kappa shape index (κ3) is 4.10. The number of rotatable bonds is 6. The predicted molar refractivity (Wildman–Crippen MR) is 113 cm³/mol. The molecule has 2 aromatic rings. The minimum atomic E-state index is -1.23. The van der Waals surface area contributed by atoms with Crippen LogP contribution in [0.2, 0.25) is 0 Å². The highest BCUT2D eigenvalue weighted by Crippen LogP contribution is 2.30. The Morgan fingerprint density at radius 2 is 1.77 bits per heavy atom. The zero-order valence-corrected chi connectivity index (χ0v) is 17.5. The molecule has 156 valence electrons. The molecule has 0 spiro atoms. The van der Waals surface area contributed by atoms with Crippen LogP contribution in [0.4, 0.5) is 10.5 Å². The average molecular weight is 407 g/mol. The summed E-state index contributed by atoms with van der Waals surface area (Å²) in [5, 5.41) is 5.33. The Balaban J connectivity index is 1.73. The van der Waals surface area contributed by atoms with E-state index in [1.54, 1.807) is 31.2 Å². The molecule has 0 radical (unpaired) electrons. The van der Waals surface area contributed by atoms with Crippen LogP contribution in [-0.2, 0) is 15.1 Å². The summed E-state index contributed by atoms with van der Waals surface area (Å²) in [5.74, 6) is -0.794. The fraction of sp³-hybridized carbons (Fsp3) is 0.304. The Bertz CT molecular complexity index is 1010. The standard InChI is InChI=1S/C23H25N3O4/c1-14(2)16-8-10-18(11-9-16)23(4)21(29)26(22(30)25-23)13-20(28)24-19-7-5-6-17(12-19)15(3)27/h5-12,14H,13H2,1-4H3,(H,24,28)(H,25,30)/t23-/m0/s1. The van der Waals surface area contributed by atoms with E-state index in [1.165, 1.54) is 6.92 Å². The van der Waals surface area contributed by atoms with Gasteiger partial charge in [0.25, 0.3) is 5.91 Å². The smallest absolute Gasteiger partial charge is 0.325 e. The quantitative estimate of drug-likeness (QED) is 0.567. The molecule has 3 rings (SSSR count). The average Bonchev–Trinajstić information content (AvgIpc) is 2.92. The number of ketones is 1. The highest BCUT2D eigenvalue weighted by molar-refractivity contribution is 6.10. The number of benzene rings is 2. The van der Waals surface area contributed by atoms with E-state index in [2.05, 4.69) is 24.5 Å². The second-order valence-electron chi connectivity index (χ2n) is 7.91. The summed E-state index contributed by atoms with van der Waals surface area (Å²) in [7, 11) is 0. The number of amides is 4. The van der Waals surface area contributed by atoms with E-state index in [0.29, 0.717) is 22.7 Å². The molecule has 1 aliphatic heterocycles. The lowest BCUT2D eigenvalue weighted by molar-refractivity contribution is -0.133. The molecule has 1 fully saturated rings. The van der Waals surface area contributed by atoms with Crippen LogP contribution in [0.25, 0.3) is 0 Å². The molecular formula is C23H25N3O4. The molecule has 2 aromatic carbocycles. The largest absolute Gasteiger partial charge is 0.325 e. The second-order valence-corrected chi connectivity index (χ2v) is 7.91. The number of Topliss-reactive ketones (excluding diaryl/α,β-unsaturated/α-hetero) is 1. The van der Waals surface area contributed by atoms with Crippen LogP contribution in [0.1, 0.15) is 55.1 Å². The van der Waals surface area contributed by atoms with Crippen LogP contribution in [0.5, 0.6) is 0 Å². The highest BCUT2D eigenvalue weighted by atomic mass is 16.2. The third-order valence-electron chi connectivity index (χ3n) is 5.28. The minimum absolute atomic E-state index is 0.126. The van der Waals surface area contributed by atoms with Crippen LogP contribution in [0.3, 0.4) is 0 Å². The Hall–Kier alpha value is -3.48. The van der Waals surface area contributed by atoms with Crippen LogP contribution < -0.4 is 10.6 Å². The molecule has 0 saturated carbocycles. The lowest BCUT2D eigenvalue weighted by Crippen LogP contribution is -2.42. The molecule has 1 heterocycles. The van der Waals surface area contributed by atoms with Crippen molar-refractivity contribution in [3.05, 3.63) is 65.2 Å². The van der Waals surface area contributed by atoms with Crippen LogP contribution in [0.15, 0.2) is 48.5 Å².